The van der Waals surface area contributed by atoms with E-state index in [1.54, 1.807) is 32.4 Å². The SMILES string of the molecule is Cc1nc(C)c(C(=O)Nc2ccc(F)c(-c3nc4ncc(-c5ncccc5C)cn4n3)c2)o1.O=C(O)/C=C/C(=O)O. The molecule has 5 aromatic rings. The highest BCUT2D eigenvalue weighted by Crippen LogP contribution is 2.26. The van der Waals surface area contributed by atoms with Gasteiger partial charge in [0.2, 0.25) is 5.76 Å². The zero-order valence-corrected chi connectivity index (χ0v) is 21.9. The van der Waals surface area contributed by atoms with E-state index >= 15 is 0 Å². The van der Waals surface area contributed by atoms with Crippen LogP contribution in [0.1, 0.15) is 27.7 Å². The molecule has 5 rings (SSSR count). The lowest BCUT2D eigenvalue weighted by Gasteiger charge is -2.06. The number of fused-ring (bicyclic) bond motifs is 1. The third-order valence-corrected chi connectivity index (χ3v) is 5.42. The van der Waals surface area contributed by atoms with Gasteiger partial charge in [-0.3, -0.25) is 9.78 Å². The topological polar surface area (TPSA) is 186 Å². The van der Waals surface area contributed by atoms with E-state index in [9.17, 15) is 18.8 Å². The van der Waals surface area contributed by atoms with Crippen LogP contribution in [-0.4, -0.2) is 57.6 Å². The maximum Gasteiger partial charge on any atom is 0.328 e. The number of aromatic nitrogens is 6. The monoisotopic (exact) mass is 559 g/mol. The first-order chi connectivity index (χ1) is 19.5. The number of nitrogens with one attached hydrogen (secondary N) is 1. The summed E-state index contributed by atoms with van der Waals surface area (Å²) >= 11 is 0. The van der Waals surface area contributed by atoms with Crippen molar-refractivity contribution in [2.45, 2.75) is 20.8 Å². The molecule has 4 aromatic heterocycles. The maximum atomic E-state index is 14.6. The van der Waals surface area contributed by atoms with Crippen LogP contribution in [0.15, 0.2) is 65.5 Å². The number of pyridine rings is 1. The Bertz CT molecular complexity index is 1800. The van der Waals surface area contributed by atoms with Crippen molar-refractivity contribution in [1.82, 2.24) is 29.5 Å². The molecular weight excluding hydrogens is 537 g/mol. The molecular formula is C27H22FN7O6. The van der Waals surface area contributed by atoms with E-state index in [2.05, 4.69) is 30.4 Å². The molecule has 14 heteroatoms. The van der Waals surface area contributed by atoms with Crippen LogP contribution in [0.5, 0.6) is 0 Å². The molecule has 1 amide bonds. The summed E-state index contributed by atoms with van der Waals surface area (Å²) in [6.07, 6.45) is 6.21. The Kier molecular flexibility index (Phi) is 8.22. The van der Waals surface area contributed by atoms with Gasteiger partial charge in [0.1, 0.15) is 5.82 Å². The number of anilines is 1. The number of aryl methyl sites for hydroxylation is 3. The summed E-state index contributed by atoms with van der Waals surface area (Å²) in [7, 11) is 0. The van der Waals surface area contributed by atoms with Crippen molar-refractivity contribution in [2.75, 3.05) is 5.32 Å². The standard InChI is InChI=1S/C23H18FN7O2.C4H4O4/c1-12-5-4-8-25-19(12)15-10-26-23-29-21(30-31(23)11-15)17-9-16(6-7-18(17)24)28-22(32)20-13(2)27-14(3)33-20;5-3(6)1-2-4(7)8/h4-11H,1-3H3,(H,28,32);1-2H,(H,5,6)(H,7,8)/b;2-1+. The summed E-state index contributed by atoms with van der Waals surface area (Å²) in [4.78, 5) is 48.8. The van der Waals surface area contributed by atoms with Gasteiger partial charge < -0.3 is 19.9 Å². The highest BCUT2D eigenvalue weighted by atomic mass is 19.1. The Morgan fingerprint density at radius 2 is 1.76 bits per heavy atom. The largest absolute Gasteiger partial charge is 0.478 e. The first kappa shape index (κ1) is 28.2. The summed E-state index contributed by atoms with van der Waals surface area (Å²) < 4.78 is 21.5. The number of halogens is 1. The lowest BCUT2D eigenvalue weighted by atomic mass is 10.1. The third kappa shape index (κ3) is 6.81. The molecule has 4 heterocycles. The van der Waals surface area contributed by atoms with Crippen molar-refractivity contribution in [3.8, 4) is 22.6 Å². The minimum Gasteiger partial charge on any atom is -0.478 e. The van der Waals surface area contributed by atoms with Crippen LogP contribution in [0.25, 0.3) is 28.4 Å². The van der Waals surface area contributed by atoms with Crippen molar-refractivity contribution in [1.29, 1.82) is 0 Å². The second kappa shape index (κ2) is 11.9. The third-order valence-electron chi connectivity index (χ3n) is 5.42. The quantitative estimate of drug-likeness (QED) is 0.256. The van der Waals surface area contributed by atoms with E-state index in [-0.39, 0.29) is 17.1 Å². The number of rotatable bonds is 6. The molecule has 0 spiro atoms. The molecule has 208 valence electrons. The average Bonchev–Trinajstić information content (AvgIpc) is 3.50. The number of carboxylic acid groups (broad SMARTS) is 2. The smallest absolute Gasteiger partial charge is 0.328 e. The van der Waals surface area contributed by atoms with Crippen LogP contribution in [0.2, 0.25) is 0 Å². The fourth-order valence-electron chi connectivity index (χ4n) is 3.65. The van der Waals surface area contributed by atoms with Crippen LogP contribution in [0.4, 0.5) is 10.1 Å². The fraction of sp³-hybridized carbons (Fsp3) is 0.111. The van der Waals surface area contributed by atoms with Gasteiger partial charge in [0.25, 0.3) is 11.7 Å². The average molecular weight is 560 g/mol. The lowest BCUT2D eigenvalue weighted by molar-refractivity contribution is -0.134. The molecule has 0 atom stereocenters. The molecule has 0 aliphatic heterocycles. The molecule has 3 N–H and O–H groups in total. The number of hydrogen-bond acceptors (Lipinski definition) is 9. The molecule has 0 fully saturated rings. The molecule has 0 saturated carbocycles. The predicted molar refractivity (Wildman–Crippen MR) is 142 cm³/mol. The van der Waals surface area contributed by atoms with Crippen LogP contribution >= 0.6 is 0 Å². The van der Waals surface area contributed by atoms with Crippen LogP contribution in [0.3, 0.4) is 0 Å². The zero-order valence-electron chi connectivity index (χ0n) is 21.9. The number of amides is 1. The number of aliphatic carboxylic acids is 2. The van der Waals surface area contributed by atoms with Crippen LogP contribution in [0, 0.1) is 26.6 Å². The Labute approximate surface area is 231 Å². The highest BCUT2D eigenvalue weighted by Gasteiger charge is 2.18. The number of carbonyl (C=O) groups is 3. The molecule has 41 heavy (non-hydrogen) atoms. The summed E-state index contributed by atoms with van der Waals surface area (Å²) in [5.74, 6) is -2.59. The van der Waals surface area contributed by atoms with Gasteiger partial charge in [-0.05, 0) is 43.7 Å². The van der Waals surface area contributed by atoms with Gasteiger partial charge in [0.05, 0.1) is 17.0 Å². The van der Waals surface area contributed by atoms with Gasteiger partial charge in [-0.1, -0.05) is 6.07 Å². The van der Waals surface area contributed by atoms with E-state index in [1.165, 1.54) is 22.7 Å². The summed E-state index contributed by atoms with van der Waals surface area (Å²) in [5, 5.41) is 22.7. The van der Waals surface area contributed by atoms with Crippen molar-refractivity contribution in [3.63, 3.8) is 0 Å². The van der Waals surface area contributed by atoms with Crippen LogP contribution < -0.4 is 5.32 Å². The fourth-order valence-corrected chi connectivity index (χ4v) is 3.65. The Balaban J connectivity index is 0.000000426. The van der Waals surface area contributed by atoms with Crippen molar-refractivity contribution < 1.29 is 33.4 Å². The van der Waals surface area contributed by atoms with Gasteiger partial charge in [-0.2, -0.15) is 4.98 Å². The molecule has 0 aliphatic rings. The van der Waals surface area contributed by atoms with Gasteiger partial charge in [-0.15, -0.1) is 5.10 Å². The zero-order chi connectivity index (χ0) is 29.7. The molecule has 0 unspecified atom stereocenters. The van der Waals surface area contributed by atoms with Crippen molar-refractivity contribution in [3.05, 3.63) is 89.8 Å². The highest BCUT2D eigenvalue weighted by molar-refractivity contribution is 6.03. The second-order valence-corrected chi connectivity index (χ2v) is 8.50. The van der Waals surface area contributed by atoms with E-state index < -0.39 is 23.7 Å². The minimum absolute atomic E-state index is 0.103. The van der Waals surface area contributed by atoms with Gasteiger partial charge in [0, 0.05) is 48.9 Å². The van der Waals surface area contributed by atoms with Gasteiger partial charge in [-0.25, -0.2) is 28.5 Å². The van der Waals surface area contributed by atoms with E-state index in [4.69, 9.17) is 14.6 Å². The summed E-state index contributed by atoms with van der Waals surface area (Å²) in [6, 6.07) is 7.97. The number of hydrogen-bond donors (Lipinski definition) is 3. The molecule has 0 aliphatic carbocycles. The normalized spacial score (nSPS) is 10.8. The van der Waals surface area contributed by atoms with E-state index in [0.717, 1.165) is 16.8 Å². The van der Waals surface area contributed by atoms with Gasteiger partial charge in [0.15, 0.2) is 11.7 Å². The predicted octanol–water partition coefficient (Wildman–Crippen LogP) is 3.87. The van der Waals surface area contributed by atoms with Crippen molar-refractivity contribution >= 4 is 29.3 Å². The van der Waals surface area contributed by atoms with Crippen LogP contribution in [-0.2, 0) is 9.59 Å². The molecule has 0 saturated heterocycles. The number of carboxylic acids is 2. The number of nitrogens with zero attached hydrogens (tertiary/aromatic N) is 6. The maximum absolute atomic E-state index is 14.6. The molecule has 0 bridgehead atoms. The first-order valence-electron chi connectivity index (χ1n) is 11.9. The molecule has 0 radical (unpaired) electrons. The number of benzene rings is 1. The molecule has 1 aromatic carbocycles. The van der Waals surface area contributed by atoms with E-state index in [1.807, 2.05) is 19.1 Å². The van der Waals surface area contributed by atoms with Gasteiger partial charge >= 0.3 is 11.9 Å². The Morgan fingerprint density at radius 1 is 1.02 bits per heavy atom. The molecule has 13 nitrogen and oxygen atoms in total. The summed E-state index contributed by atoms with van der Waals surface area (Å²) in [5.41, 5.74) is 3.49. The minimum atomic E-state index is -1.26. The second-order valence-electron chi connectivity index (χ2n) is 8.50. The number of carbonyl (C=O) groups excluding carboxylic acids is 1. The first-order valence-corrected chi connectivity index (χ1v) is 11.9. The number of oxazole rings is 1. The lowest BCUT2D eigenvalue weighted by Crippen LogP contribution is -2.12. The Hall–Kier alpha value is -5.79. The summed E-state index contributed by atoms with van der Waals surface area (Å²) in [6.45, 7) is 5.29. The van der Waals surface area contributed by atoms with E-state index in [0.29, 0.717) is 35.2 Å². The van der Waals surface area contributed by atoms with Crippen molar-refractivity contribution in [2.24, 2.45) is 0 Å². The Morgan fingerprint density at radius 3 is 2.39 bits per heavy atom.